The van der Waals surface area contributed by atoms with Crippen LogP contribution in [0.3, 0.4) is 0 Å². The van der Waals surface area contributed by atoms with Gasteiger partial charge in [-0.1, -0.05) is 6.92 Å². The highest BCUT2D eigenvalue weighted by Crippen LogP contribution is 2.16. The molecule has 1 heterocycles. The number of amides is 1. The number of rotatable bonds is 6. The molecule has 0 aliphatic heterocycles. The summed E-state index contributed by atoms with van der Waals surface area (Å²) in [6.07, 6.45) is 2.07. The molecule has 0 aliphatic carbocycles. The fraction of sp³-hybridized carbons (Fsp3) is 0.538. The molecule has 0 aromatic carbocycles. The van der Waals surface area contributed by atoms with E-state index in [0.717, 1.165) is 0 Å². The number of carbonyl (C=O) groups is 2. The van der Waals surface area contributed by atoms with E-state index < -0.39 is 5.97 Å². The molecule has 1 aromatic rings. The summed E-state index contributed by atoms with van der Waals surface area (Å²) in [7, 11) is 0. The van der Waals surface area contributed by atoms with Gasteiger partial charge in [0.1, 0.15) is 5.76 Å². The van der Waals surface area contributed by atoms with Crippen LogP contribution in [0.4, 0.5) is 0 Å². The fourth-order valence-electron chi connectivity index (χ4n) is 1.98. The van der Waals surface area contributed by atoms with Crippen LogP contribution in [-0.4, -0.2) is 34.5 Å². The van der Waals surface area contributed by atoms with Gasteiger partial charge in [-0.15, -0.1) is 0 Å². The first-order valence-electron chi connectivity index (χ1n) is 6.10. The van der Waals surface area contributed by atoms with Gasteiger partial charge in [0, 0.05) is 19.0 Å². The molecule has 100 valence electrons. The third kappa shape index (κ3) is 3.12. The Labute approximate surface area is 106 Å². The van der Waals surface area contributed by atoms with E-state index in [1.165, 1.54) is 6.26 Å². The molecule has 1 unspecified atom stereocenters. The second kappa shape index (κ2) is 6.23. The Hall–Kier alpha value is -1.78. The topological polar surface area (TPSA) is 70.8 Å². The summed E-state index contributed by atoms with van der Waals surface area (Å²) in [5.74, 6) is -0.436. The highest BCUT2D eigenvalue weighted by molar-refractivity contribution is 5.95. The molecule has 1 rings (SSSR count). The standard InChI is InChI=1S/C13H19NO4/c1-4-11-10(6-7-18-11)13(17)14(5-2)9(3)8-12(15)16/h6-7,9H,4-5,8H2,1-3H3,(H,15,16). The lowest BCUT2D eigenvalue weighted by molar-refractivity contribution is -0.138. The van der Waals surface area contributed by atoms with Gasteiger partial charge in [-0.05, 0) is 19.9 Å². The normalized spacial score (nSPS) is 12.2. The monoisotopic (exact) mass is 253 g/mol. The maximum Gasteiger partial charge on any atom is 0.305 e. The van der Waals surface area contributed by atoms with E-state index in [4.69, 9.17) is 9.52 Å². The Morgan fingerprint density at radius 1 is 1.44 bits per heavy atom. The molecule has 1 amide bonds. The SMILES string of the molecule is CCc1occc1C(=O)N(CC)C(C)CC(=O)O. The molecule has 5 nitrogen and oxygen atoms in total. The number of hydrogen-bond donors (Lipinski definition) is 1. The van der Waals surface area contributed by atoms with Crippen LogP contribution in [0.25, 0.3) is 0 Å². The van der Waals surface area contributed by atoms with Crippen LogP contribution in [0.2, 0.25) is 0 Å². The fourth-order valence-corrected chi connectivity index (χ4v) is 1.98. The van der Waals surface area contributed by atoms with Crippen molar-refractivity contribution in [1.82, 2.24) is 4.90 Å². The zero-order valence-corrected chi connectivity index (χ0v) is 11.0. The number of aliphatic carboxylic acids is 1. The maximum absolute atomic E-state index is 12.3. The Balaban J connectivity index is 2.88. The minimum atomic E-state index is -0.906. The van der Waals surface area contributed by atoms with Crippen LogP contribution < -0.4 is 0 Å². The van der Waals surface area contributed by atoms with Crippen LogP contribution in [0.5, 0.6) is 0 Å². The third-order valence-electron chi connectivity index (χ3n) is 2.90. The van der Waals surface area contributed by atoms with E-state index in [2.05, 4.69) is 0 Å². The second-order valence-corrected chi connectivity index (χ2v) is 4.15. The summed E-state index contributed by atoms with van der Waals surface area (Å²) < 4.78 is 5.23. The van der Waals surface area contributed by atoms with E-state index in [1.807, 2.05) is 13.8 Å². The van der Waals surface area contributed by atoms with Gasteiger partial charge in [-0.25, -0.2) is 0 Å². The number of carboxylic acids is 1. The Bertz CT molecular complexity index is 424. The summed E-state index contributed by atoms with van der Waals surface area (Å²) in [6.45, 7) is 5.96. The molecule has 5 heteroatoms. The number of aryl methyl sites for hydroxylation is 1. The van der Waals surface area contributed by atoms with Gasteiger partial charge in [0.15, 0.2) is 0 Å². The van der Waals surface area contributed by atoms with E-state index in [9.17, 15) is 9.59 Å². The largest absolute Gasteiger partial charge is 0.481 e. The molecule has 0 aliphatic rings. The highest BCUT2D eigenvalue weighted by Gasteiger charge is 2.24. The molecule has 1 aromatic heterocycles. The molecule has 0 saturated carbocycles. The minimum Gasteiger partial charge on any atom is -0.481 e. The lowest BCUT2D eigenvalue weighted by atomic mass is 10.1. The van der Waals surface area contributed by atoms with Crippen molar-refractivity contribution in [3.8, 4) is 0 Å². The van der Waals surface area contributed by atoms with E-state index in [-0.39, 0.29) is 18.4 Å². The van der Waals surface area contributed by atoms with Crippen molar-refractivity contribution in [2.24, 2.45) is 0 Å². The predicted molar refractivity (Wildman–Crippen MR) is 66.5 cm³/mol. The average molecular weight is 253 g/mol. The van der Waals surface area contributed by atoms with Gasteiger partial charge < -0.3 is 14.4 Å². The molecule has 0 bridgehead atoms. The van der Waals surface area contributed by atoms with Gasteiger partial charge in [0.2, 0.25) is 0 Å². The summed E-state index contributed by atoms with van der Waals surface area (Å²) in [6, 6.07) is 1.30. The van der Waals surface area contributed by atoms with Crippen LogP contribution in [-0.2, 0) is 11.2 Å². The Kier molecular flexibility index (Phi) is 4.95. The number of carboxylic acid groups (broad SMARTS) is 1. The Morgan fingerprint density at radius 2 is 2.11 bits per heavy atom. The van der Waals surface area contributed by atoms with Crippen LogP contribution in [0, 0.1) is 0 Å². The van der Waals surface area contributed by atoms with Crippen molar-refractivity contribution in [2.45, 2.75) is 39.7 Å². The van der Waals surface area contributed by atoms with Crippen molar-refractivity contribution in [1.29, 1.82) is 0 Å². The molecule has 0 fully saturated rings. The average Bonchev–Trinajstić information content (AvgIpc) is 2.76. The van der Waals surface area contributed by atoms with E-state index in [0.29, 0.717) is 24.3 Å². The smallest absolute Gasteiger partial charge is 0.305 e. The van der Waals surface area contributed by atoms with Gasteiger partial charge in [0.05, 0.1) is 18.2 Å². The predicted octanol–water partition coefficient (Wildman–Crippen LogP) is 2.17. The zero-order chi connectivity index (χ0) is 13.7. The molecular formula is C13H19NO4. The van der Waals surface area contributed by atoms with Crippen molar-refractivity contribution in [3.63, 3.8) is 0 Å². The molecule has 0 radical (unpaired) electrons. The van der Waals surface area contributed by atoms with Gasteiger partial charge in [-0.2, -0.15) is 0 Å². The summed E-state index contributed by atoms with van der Waals surface area (Å²) >= 11 is 0. The summed E-state index contributed by atoms with van der Waals surface area (Å²) in [5, 5.41) is 8.78. The zero-order valence-electron chi connectivity index (χ0n) is 11.0. The van der Waals surface area contributed by atoms with Crippen LogP contribution in [0.15, 0.2) is 16.7 Å². The van der Waals surface area contributed by atoms with E-state index in [1.54, 1.807) is 17.9 Å². The van der Waals surface area contributed by atoms with Crippen molar-refractivity contribution in [3.05, 3.63) is 23.7 Å². The van der Waals surface area contributed by atoms with Gasteiger partial charge in [-0.3, -0.25) is 9.59 Å². The number of hydrogen-bond acceptors (Lipinski definition) is 3. The van der Waals surface area contributed by atoms with Crippen molar-refractivity contribution >= 4 is 11.9 Å². The molecule has 0 spiro atoms. The number of nitrogens with zero attached hydrogens (tertiary/aromatic N) is 1. The first kappa shape index (κ1) is 14.3. The molecule has 1 atom stereocenters. The molecule has 0 saturated heterocycles. The third-order valence-corrected chi connectivity index (χ3v) is 2.90. The first-order valence-corrected chi connectivity index (χ1v) is 6.10. The van der Waals surface area contributed by atoms with Crippen molar-refractivity contribution < 1.29 is 19.1 Å². The van der Waals surface area contributed by atoms with Gasteiger partial charge >= 0.3 is 5.97 Å². The lowest BCUT2D eigenvalue weighted by Crippen LogP contribution is -2.39. The summed E-state index contributed by atoms with van der Waals surface area (Å²) in [5.41, 5.74) is 0.525. The molecule has 18 heavy (non-hydrogen) atoms. The molecular weight excluding hydrogens is 234 g/mol. The highest BCUT2D eigenvalue weighted by atomic mass is 16.4. The number of carbonyl (C=O) groups excluding carboxylic acids is 1. The second-order valence-electron chi connectivity index (χ2n) is 4.15. The van der Waals surface area contributed by atoms with Crippen LogP contribution >= 0.6 is 0 Å². The van der Waals surface area contributed by atoms with Crippen LogP contribution in [0.1, 0.15) is 43.3 Å². The van der Waals surface area contributed by atoms with Gasteiger partial charge in [0.25, 0.3) is 5.91 Å². The Morgan fingerprint density at radius 3 is 2.61 bits per heavy atom. The van der Waals surface area contributed by atoms with Crippen molar-refractivity contribution in [2.75, 3.05) is 6.54 Å². The quantitative estimate of drug-likeness (QED) is 0.843. The number of furan rings is 1. The lowest BCUT2D eigenvalue weighted by Gasteiger charge is -2.26. The molecule has 1 N–H and O–H groups in total. The minimum absolute atomic E-state index is 0.0567. The maximum atomic E-state index is 12.3. The van der Waals surface area contributed by atoms with E-state index >= 15 is 0 Å². The summed E-state index contributed by atoms with van der Waals surface area (Å²) in [4.78, 5) is 24.6. The first-order chi connectivity index (χ1) is 8.51.